The van der Waals surface area contributed by atoms with Crippen LogP contribution in [0.5, 0.6) is 11.5 Å². The maximum atomic E-state index is 14.4. The first-order valence-electron chi connectivity index (χ1n) is 8.50. The Labute approximate surface area is 188 Å². The van der Waals surface area contributed by atoms with Crippen LogP contribution in [0.4, 0.5) is 4.39 Å². The van der Waals surface area contributed by atoms with Gasteiger partial charge in [0.15, 0.2) is 0 Å². The highest BCUT2D eigenvalue weighted by molar-refractivity contribution is 8.26. The number of nitrogens with one attached hydrogen (secondary N) is 1. The molecule has 0 bridgehead atoms. The molecule has 1 heterocycles. The summed E-state index contributed by atoms with van der Waals surface area (Å²) in [6.45, 7) is 0. The smallest absolute Gasteiger partial charge is 0.322 e. The second-order valence-corrected chi connectivity index (χ2v) is 7.83. The number of benzene rings is 2. The van der Waals surface area contributed by atoms with Crippen molar-refractivity contribution < 1.29 is 23.5 Å². The van der Waals surface area contributed by atoms with Gasteiger partial charge in [-0.15, -0.1) is 12.4 Å². The Kier molecular flexibility index (Phi) is 8.36. The quantitative estimate of drug-likeness (QED) is 0.380. The van der Waals surface area contributed by atoms with E-state index in [1.165, 1.54) is 25.3 Å². The predicted octanol–water partition coefficient (Wildman–Crippen LogP) is 3.57. The first-order valence-corrected chi connectivity index (χ1v) is 9.73. The number of methoxy groups -OCH3 is 1. The van der Waals surface area contributed by atoms with Gasteiger partial charge in [0.2, 0.25) is 0 Å². The molecule has 0 aromatic heterocycles. The van der Waals surface area contributed by atoms with Crippen molar-refractivity contribution in [2.45, 2.75) is 12.5 Å². The second kappa shape index (κ2) is 10.5. The zero-order valence-electron chi connectivity index (χ0n) is 15.7. The van der Waals surface area contributed by atoms with Crippen LogP contribution < -0.4 is 15.8 Å². The third kappa shape index (κ3) is 6.02. The number of esters is 1. The molecule has 6 nitrogen and oxygen atoms in total. The molecule has 30 heavy (non-hydrogen) atoms. The molecule has 1 fully saturated rings. The summed E-state index contributed by atoms with van der Waals surface area (Å²) in [4.78, 5) is 23.4. The molecule has 158 valence electrons. The van der Waals surface area contributed by atoms with E-state index in [0.29, 0.717) is 27.1 Å². The summed E-state index contributed by atoms with van der Waals surface area (Å²) in [7, 11) is 1.29. The molecule has 1 aliphatic heterocycles. The van der Waals surface area contributed by atoms with E-state index in [1.54, 1.807) is 30.3 Å². The van der Waals surface area contributed by atoms with Crippen molar-refractivity contribution in [3.8, 4) is 11.5 Å². The summed E-state index contributed by atoms with van der Waals surface area (Å²) in [5.74, 6) is -0.538. The van der Waals surface area contributed by atoms with E-state index in [1.807, 2.05) is 0 Å². The molecule has 10 heteroatoms. The first-order chi connectivity index (χ1) is 13.9. The Balaban J connectivity index is 0.00000320. The number of rotatable bonds is 6. The predicted molar refractivity (Wildman–Crippen MR) is 120 cm³/mol. The van der Waals surface area contributed by atoms with E-state index >= 15 is 0 Å². The molecule has 0 aliphatic carbocycles. The number of nitrogens with two attached hydrogens (primary N) is 1. The minimum atomic E-state index is -0.739. The fraction of sp³-hybridized carbons (Fsp3) is 0.150. The Morgan fingerprint density at radius 2 is 1.93 bits per heavy atom. The van der Waals surface area contributed by atoms with Crippen molar-refractivity contribution in [1.82, 2.24) is 5.32 Å². The zero-order valence-corrected chi connectivity index (χ0v) is 18.2. The van der Waals surface area contributed by atoms with Crippen LogP contribution in [-0.2, 0) is 20.7 Å². The lowest BCUT2D eigenvalue weighted by Gasteiger charge is -2.10. The molecule has 1 amide bonds. The number of amides is 1. The van der Waals surface area contributed by atoms with Gasteiger partial charge in [-0.3, -0.25) is 9.59 Å². The monoisotopic (exact) mass is 468 g/mol. The number of hydrogen-bond donors (Lipinski definition) is 2. The maximum absolute atomic E-state index is 14.4. The summed E-state index contributed by atoms with van der Waals surface area (Å²) in [5, 5.41) is 2.48. The van der Waals surface area contributed by atoms with Crippen LogP contribution in [0.3, 0.4) is 0 Å². The number of thioether (sulfide) groups is 1. The molecule has 1 atom stereocenters. The van der Waals surface area contributed by atoms with Crippen LogP contribution in [0, 0.1) is 5.82 Å². The summed E-state index contributed by atoms with van der Waals surface area (Å²) < 4.78 is 25.0. The first kappa shape index (κ1) is 23.8. The van der Waals surface area contributed by atoms with Gasteiger partial charge in [-0.2, -0.15) is 0 Å². The van der Waals surface area contributed by atoms with Gasteiger partial charge in [0.25, 0.3) is 5.91 Å². The number of thiocarbonyl (C=S) groups is 1. The third-order valence-corrected chi connectivity index (χ3v) is 5.18. The fourth-order valence-corrected chi connectivity index (χ4v) is 3.60. The van der Waals surface area contributed by atoms with Gasteiger partial charge in [-0.25, -0.2) is 4.39 Å². The summed E-state index contributed by atoms with van der Waals surface area (Å²) in [6.07, 6.45) is 1.78. The maximum Gasteiger partial charge on any atom is 0.322 e. The molecular formula is C20H18ClFN2O4S2. The van der Waals surface area contributed by atoms with Gasteiger partial charge in [0.05, 0.1) is 12.0 Å². The molecule has 0 radical (unpaired) electrons. The lowest BCUT2D eigenvalue weighted by molar-refractivity contribution is -0.142. The summed E-state index contributed by atoms with van der Waals surface area (Å²) in [6, 6.07) is 10.6. The highest BCUT2D eigenvalue weighted by atomic mass is 35.5. The Morgan fingerprint density at radius 1 is 1.27 bits per heavy atom. The Hall–Kier alpha value is -2.46. The van der Waals surface area contributed by atoms with Crippen molar-refractivity contribution in [2.75, 3.05) is 7.11 Å². The number of hydrogen-bond acceptors (Lipinski definition) is 7. The molecule has 1 aliphatic rings. The lowest BCUT2D eigenvalue weighted by atomic mass is 10.1. The lowest BCUT2D eigenvalue weighted by Crippen LogP contribution is -2.33. The van der Waals surface area contributed by atoms with Crippen LogP contribution in [0.15, 0.2) is 47.4 Å². The molecule has 0 spiro atoms. The van der Waals surface area contributed by atoms with Gasteiger partial charge in [-0.05, 0) is 42.3 Å². The van der Waals surface area contributed by atoms with E-state index in [9.17, 15) is 14.0 Å². The van der Waals surface area contributed by atoms with Gasteiger partial charge in [-0.1, -0.05) is 36.1 Å². The number of halogens is 2. The average molecular weight is 469 g/mol. The Morgan fingerprint density at radius 3 is 2.50 bits per heavy atom. The molecular weight excluding hydrogens is 451 g/mol. The van der Waals surface area contributed by atoms with Gasteiger partial charge < -0.3 is 20.5 Å². The van der Waals surface area contributed by atoms with E-state index in [4.69, 9.17) is 22.7 Å². The molecule has 2 aromatic rings. The van der Waals surface area contributed by atoms with E-state index in [2.05, 4.69) is 10.1 Å². The molecule has 0 unspecified atom stereocenters. The van der Waals surface area contributed by atoms with E-state index in [0.717, 1.165) is 17.3 Å². The van der Waals surface area contributed by atoms with Crippen LogP contribution in [0.25, 0.3) is 6.08 Å². The highest BCUT2D eigenvalue weighted by Gasteiger charge is 2.22. The molecule has 2 aromatic carbocycles. The van der Waals surface area contributed by atoms with Crippen molar-refractivity contribution >= 4 is 58.7 Å². The van der Waals surface area contributed by atoms with Crippen molar-refractivity contribution in [3.05, 3.63) is 64.3 Å². The SMILES string of the molecule is COC(=O)[C@@H](N)Cc1ccc(Oc2ccc(/C=C3\SC(=S)NC3=O)c(F)c2)cc1.Cl. The van der Waals surface area contributed by atoms with Crippen molar-refractivity contribution in [1.29, 1.82) is 0 Å². The number of carbonyl (C=O) groups is 2. The number of carbonyl (C=O) groups excluding carboxylic acids is 2. The minimum absolute atomic E-state index is 0. The third-order valence-electron chi connectivity index (χ3n) is 4.02. The second-order valence-electron chi connectivity index (χ2n) is 6.12. The molecule has 3 N–H and O–H groups in total. The minimum Gasteiger partial charge on any atom is -0.468 e. The van der Waals surface area contributed by atoms with Crippen LogP contribution in [-0.4, -0.2) is 29.3 Å². The molecule has 1 saturated heterocycles. The van der Waals surface area contributed by atoms with Crippen LogP contribution >= 0.6 is 36.4 Å². The topological polar surface area (TPSA) is 90.7 Å². The van der Waals surface area contributed by atoms with Crippen molar-refractivity contribution in [3.63, 3.8) is 0 Å². The van der Waals surface area contributed by atoms with Gasteiger partial charge in [0, 0.05) is 11.6 Å². The summed E-state index contributed by atoms with van der Waals surface area (Å²) >= 11 is 6.00. The highest BCUT2D eigenvalue weighted by Crippen LogP contribution is 2.29. The Bertz CT molecular complexity index is 999. The van der Waals surface area contributed by atoms with Gasteiger partial charge >= 0.3 is 5.97 Å². The normalized spacial score (nSPS) is 15.4. The van der Waals surface area contributed by atoms with Crippen molar-refractivity contribution in [2.24, 2.45) is 5.73 Å². The van der Waals surface area contributed by atoms with E-state index < -0.39 is 17.8 Å². The standard InChI is InChI=1S/C20H17FN2O4S2.ClH/c1-26-19(25)16(22)8-11-2-5-13(6-3-11)27-14-7-4-12(15(21)10-14)9-17-18(24)23-20(28)29-17;/h2-7,9-10,16H,8,22H2,1H3,(H,23,24,28);1H/b17-9-;/t16-;/m0./s1. The van der Waals surface area contributed by atoms with Crippen LogP contribution in [0.1, 0.15) is 11.1 Å². The van der Waals surface area contributed by atoms with E-state index in [-0.39, 0.29) is 23.9 Å². The van der Waals surface area contributed by atoms with Gasteiger partial charge in [0.1, 0.15) is 27.7 Å². The average Bonchev–Trinajstić information content (AvgIpc) is 3.01. The van der Waals surface area contributed by atoms with Crippen LogP contribution in [0.2, 0.25) is 0 Å². The fourth-order valence-electron chi connectivity index (χ4n) is 2.57. The molecule has 3 rings (SSSR count). The largest absolute Gasteiger partial charge is 0.468 e. The zero-order chi connectivity index (χ0) is 21.0. The number of ether oxygens (including phenoxy) is 2. The summed E-state index contributed by atoms with van der Waals surface area (Å²) in [5.41, 5.74) is 6.84. The molecule has 0 saturated carbocycles.